The number of carbonyl (C=O) groups excluding carboxylic acids is 5. The number of rotatable bonds is 18. The van der Waals surface area contributed by atoms with Gasteiger partial charge in [0.15, 0.2) is 0 Å². The zero-order valence-corrected chi connectivity index (χ0v) is 27.2. The molecule has 3 N–H and O–H groups in total. The van der Waals surface area contributed by atoms with Gasteiger partial charge in [-0.15, -0.1) is 5.56 Å². The summed E-state index contributed by atoms with van der Waals surface area (Å²) in [7, 11) is 5.09. The minimum absolute atomic E-state index is 0. The summed E-state index contributed by atoms with van der Waals surface area (Å²) in [5.41, 5.74) is 0.628. The molecule has 0 spiro atoms. The second-order valence-electron chi connectivity index (χ2n) is 7.21. The molecule has 2 atom stereocenters. The minimum Gasteiger partial charge on any atom is -0.540 e. The Morgan fingerprint density at radius 2 is 1.68 bits per heavy atom. The second kappa shape index (κ2) is 26.7. The predicted octanol–water partition coefficient (Wildman–Crippen LogP) is -2.48. The average Bonchev–Trinajstić information content (AvgIpc) is 2.85. The maximum absolute atomic E-state index is 12.2. The molecule has 0 aromatic heterocycles. The summed E-state index contributed by atoms with van der Waals surface area (Å²) in [6.45, 7) is 2.55. The molecule has 0 saturated carbocycles. The third-order valence-corrected chi connectivity index (χ3v) is 4.49. The van der Waals surface area contributed by atoms with Crippen molar-refractivity contribution in [2.24, 2.45) is 0 Å². The summed E-state index contributed by atoms with van der Waals surface area (Å²) in [6, 6.07) is 8.46. The Hall–Kier alpha value is -0.505. The van der Waals surface area contributed by atoms with Gasteiger partial charge in [0.2, 0.25) is 31.4 Å². The molecule has 38 heavy (non-hydrogen) atoms. The molecule has 0 saturated heterocycles. The first-order valence-electron chi connectivity index (χ1n) is 11.1. The molecule has 3 amide bonds. The maximum atomic E-state index is 12.2. The SMILES string of the molecule is C.[B]C(=O)OC(CNC(=O)CCC([C-]=O)NC(=O)COCCOCCNC(=O)CC)c1cc[c-]cc1.[K+].[Y]. The van der Waals surface area contributed by atoms with E-state index in [0.29, 0.717) is 25.1 Å². The smallest absolute Gasteiger partial charge is 0.540 e. The molecule has 11 nitrogen and oxygen atoms in total. The molecule has 1 aromatic rings. The van der Waals surface area contributed by atoms with Gasteiger partial charge >= 0.3 is 51.4 Å². The molecule has 2 unspecified atom stereocenters. The van der Waals surface area contributed by atoms with Crippen molar-refractivity contribution in [3.05, 3.63) is 35.9 Å². The van der Waals surface area contributed by atoms with E-state index in [2.05, 4.69) is 22.0 Å². The molecular formula is C24H34BKN3O8Y-. The summed E-state index contributed by atoms with van der Waals surface area (Å²) >= 11 is 0. The van der Waals surface area contributed by atoms with Crippen LogP contribution in [0.25, 0.3) is 0 Å². The van der Waals surface area contributed by atoms with Crippen molar-refractivity contribution in [1.82, 2.24) is 16.0 Å². The number of hydrogen-bond acceptors (Lipinski definition) is 8. The fourth-order valence-corrected chi connectivity index (χ4v) is 2.72. The van der Waals surface area contributed by atoms with Crippen molar-refractivity contribution in [2.75, 3.05) is 39.5 Å². The molecule has 1 rings (SSSR count). The van der Waals surface area contributed by atoms with E-state index in [1.807, 2.05) is 0 Å². The fraction of sp³-hybridized carbons (Fsp3) is 0.542. The Morgan fingerprint density at radius 3 is 2.29 bits per heavy atom. The Bertz CT molecular complexity index is 823. The molecule has 3 radical (unpaired) electrons. The van der Waals surface area contributed by atoms with Crippen molar-refractivity contribution in [3.63, 3.8) is 0 Å². The number of amides is 3. The Balaban J connectivity index is -0.00000408. The van der Waals surface area contributed by atoms with Crippen LogP contribution in [0.1, 0.15) is 45.3 Å². The van der Waals surface area contributed by atoms with E-state index >= 15 is 0 Å². The molecule has 14 heteroatoms. The van der Waals surface area contributed by atoms with Gasteiger partial charge in [0.05, 0.1) is 26.4 Å². The van der Waals surface area contributed by atoms with Crippen molar-refractivity contribution >= 4 is 37.7 Å². The van der Waals surface area contributed by atoms with Crippen LogP contribution < -0.4 is 67.3 Å². The summed E-state index contributed by atoms with van der Waals surface area (Å²) < 4.78 is 15.4. The Labute approximate surface area is 293 Å². The van der Waals surface area contributed by atoms with Crippen molar-refractivity contribution in [3.8, 4) is 0 Å². The van der Waals surface area contributed by atoms with Gasteiger partial charge in [-0.1, -0.05) is 20.4 Å². The normalized spacial score (nSPS) is 11.2. The summed E-state index contributed by atoms with van der Waals surface area (Å²) in [6.07, 6.45) is 1.25. The molecule has 201 valence electrons. The Morgan fingerprint density at radius 1 is 1.03 bits per heavy atom. The molecule has 0 heterocycles. The number of ether oxygens (including phenoxy) is 3. The van der Waals surface area contributed by atoms with Crippen LogP contribution in [0.2, 0.25) is 0 Å². The molecule has 0 fully saturated rings. The van der Waals surface area contributed by atoms with Crippen LogP contribution in [-0.4, -0.2) is 83.3 Å². The monoisotopic (exact) mass is 631 g/mol. The van der Waals surface area contributed by atoms with Gasteiger partial charge in [-0.2, -0.15) is 30.3 Å². The molecule has 1 aromatic carbocycles. The molecule has 0 bridgehead atoms. The van der Waals surface area contributed by atoms with Crippen LogP contribution in [0.15, 0.2) is 24.3 Å². The molecule has 0 aliphatic carbocycles. The van der Waals surface area contributed by atoms with Crippen molar-refractivity contribution < 1.29 is 122 Å². The van der Waals surface area contributed by atoms with Crippen LogP contribution in [0.5, 0.6) is 0 Å². The van der Waals surface area contributed by atoms with Crippen LogP contribution >= 0.6 is 0 Å². The zero-order chi connectivity index (χ0) is 25.9. The predicted molar refractivity (Wildman–Crippen MR) is 132 cm³/mol. The standard InChI is InChI=1S/C23H30BN3O8.CH4.K.Y/c1-2-20(29)25-10-11-33-12-13-34-16-22(31)27-18(15-28)8-9-21(30)26-14-19(35-23(24)32)17-6-4-3-5-7-17;;;/h4-7,18-19H,2,8-14,16H2,1H3,(H,25,29)(H,26,30)(H,27,31);1H4;;/q-2;;+1;. The second-order valence-corrected chi connectivity index (χ2v) is 7.21. The fourth-order valence-electron chi connectivity index (χ4n) is 2.72. The first kappa shape index (κ1) is 42.0. The van der Waals surface area contributed by atoms with Gasteiger partial charge in [0.1, 0.15) is 12.7 Å². The zero-order valence-electron chi connectivity index (χ0n) is 21.2. The molecule has 0 aliphatic heterocycles. The average molecular weight is 631 g/mol. The van der Waals surface area contributed by atoms with E-state index in [-0.39, 0.29) is 137 Å². The van der Waals surface area contributed by atoms with E-state index in [1.54, 1.807) is 37.5 Å². The largest absolute Gasteiger partial charge is 1.00 e. The molecular weight excluding hydrogens is 597 g/mol. The van der Waals surface area contributed by atoms with Gasteiger partial charge in [0, 0.05) is 52.1 Å². The van der Waals surface area contributed by atoms with Crippen molar-refractivity contribution in [1.29, 1.82) is 0 Å². The summed E-state index contributed by atoms with van der Waals surface area (Å²) in [5, 5.41) is 7.69. The van der Waals surface area contributed by atoms with E-state index in [1.165, 1.54) is 0 Å². The quantitative estimate of drug-likeness (QED) is 0.0917. The van der Waals surface area contributed by atoms with Gasteiger partial charge in [-0.3, -0.25) is 19.2 Å². The number of hydrogen-bond donors (Lipinski definition) is 3. The van der Waals surface area contributed by atoms with E-state index in [9.17, 15) is 24.0 Å². The summed E-state index contributed by atoms with van der Waals surface area (Å²) in [4.78, 5) is 57.4. The van der Waals surface area contributed by atoms with Crippen LogP contribution in [-0.2, 0) is 66.1 Å². The molecule has 0 aliphatic rings. The topological polar surface area (TPSA) is 149 Å². The van der Waals surface area contributed by atoms with Gasteiger partial charge in [-0.05, 0) is 6.42 Å². The number of benzene rings is 1. The number of carbonyl (C=O) groups is 4. The van der Waals surface area contributed by atoms with Crippen LogP contribution in [0.3, 0.4) is 0 Å². The van der Waals surface area contributed by atoms with E-state index < -0.39 is 29.8 Å². The summed E-state index contributed by atoms with van der Waals surface area (Å²) in [5.74, 6) is -1.99. The maximum Gasteiger partial charge on any atom is 1.00 e. The Kier molecular flexibility index (Phi) is 29.5. The first-order chi connectivity index (χ1) is 16.8. The first-order valence-corrected chi connectivity index (χ1v) is 11.1. The van der Waals surface area contributed by atoms with Crippen LogP contribution in [0, 0.1) is 6.07 Å². The van der Waals surface area contributed by atoms with E-state index in [0.717, 1.165) is 0 Å². The van der Waals surface area contributed by atoms with Gasteiger partial charge < -0.3 is 35.0 Å². The van der Waals surface area contributed by atoms with Gasteiger partial charge in [0.25, 0.3) is 0 Å². The third-order valence-electron chi connectivity index (χ3n) is 4.49. The van der Waals surface area contributed by atoms with Gasteiger partial charge in [-0.25, -0.2) is 6.29 Å². The van der Waals surface area contributed by atoms with Crippen LogP contribution in [0.4, 0.5) is 4.79 Å². The third kappa shape index (κ3) is 21.3. The van der Waals surface area contributed by atoms with Crippen molar-refractivity contribution in [2.45, 2.75) is 45.8 Å². The minimum atomic E-state index is -0.988. The van der Waals surface area contributed by atoms with E-state index in [4.69, 9.17) is 22.1 Å². The number of nitrogens with one attached hydrogen (secondary N) is 3.